The maximum Gasteiger partial charge on any atom is 0.407 e. The molecule has 1 N–H and O–H groups in total. The molecular formula is C18H23BrN2O3. The van der Waals surface area contributed by atoms with Crippen molar-refractivity contribution in [2.75, 3.05) is 6.61 Å². The van der Waals surface area contributed by atoms with Crippen LogP contribution in [0, 0.1) is 5.92 Å². The lowest BCUT2D eigenvalue weighted by Crippen LogP contribution is -2.32. The molecule has 1 atom stereocenters. The molecular weight excluding hydrogens is 372 g/mol. The van der Waals surface area contributed by atoms with Crippen LogP contribution in [-0.2, 0) is 4.74 Å². The smallest absolute Gasteiger partial charge is 0.407 e. The molecule has 0 radical (unpaired) electrons. The van der Waals surface area contributed by atoms with Crippen molar-refractivity contribution in [2.45, 2.75) is 39.7 Å². The monoisotopic (exact) mass is 394 g/mol. The van der Waals surface area contributed by atoms with Crippen molar-refractivity contribution in [1.29, 1.82) is 0 Å². The number of nitrogens with one attached hydrogen (secondary N) is 1. The lowest BCUT2D eigenvalue weighted by molar-refractivity contribution is 0.135. The van der Waals surface area contributed by atoms with Gasteiger partial charge in [0.1, 0.15) is 6.04 Å². The van der Waals surface area contributed by atoms with Gasteiger partial charge in [-0.05, 0) is 24.5 Å². The molecule has 0 fully saturated rings. The Labute approximate surface area is 150 Å². The maximum absolute atomic E-state index is 11.9. The number of hydrogen-bond acceptors (Lipinski definition) is 4. The molecule has 1 aromatic carbocycles. The van der Waals surface area contributed by atoms with Crippen LogP contribution < -0.4 is 5.32 Å². The topological polar surface area (TPSA) is 64.4 Å². The minimum absolute atomic E-state index is 0.125. The van der Waals surface area contributed by atoms with Crippen molar-refractivity contribution >= 4 is 22.0 Å². The summed E-state index contributed by atoms with van der Waals surface area (Å²) >= 11 is 3.41. The molecule has 1 aromatic heterocycles. The van der Waals surface area contributed by atoms with E-state index < -0.39 is 6.09 Å². The van der Waals surface area contributed by atoms with Crippen LogP contribution in [0.25, 0.3) is 11.3 Å². The number of aromatic nitrogens is 1. The van der Waals surface area contributed by atoms with Gasteiger partial charge in [-0.25, -0.2) is 9.78 Å². The number of alkyl carbamates (subject to hydrolysis) is 1. The molecule has 2 rings (SSSR count). The summed E-state index contributed by atoms with van der Waals surface area (Å²) < 4.78 is 12.0. The summed E-state index contributed by atoms with van der Waals surface area (Å²) in [6, 6.07) is 7.46. The number of amides is 1. The summed E-state index contributed by atoms with van der Waals surface area (Å²) in [6.07, 6.45) is 3.08. The van der Waals surface area contributed by atoms with Crippen molar-refractivity contribution in [3.8, 4) is 11.3 Å². The highest BCUT2D eigenvalue weighted by Gasteiger charge is 2.24. The molecule has 5 nitrogen and oxygen atoms in total. The first kappa shape index (κ1) is 18.5. The molecule has 0 unspecified atom stereocenters. The molecule has 1 amide bonds. The number of carbonyl (C=O) groups is 1. The van der Waals surface area contributed by atoms with Gasteiger partial charge in [0.2, 0.25) is 5.89 Å². The van der Waals surface area contributed by atoms with E-state index in [1.807, 2.05) is 38.1 Å². The Morgan fingerprint density at radius 3 is 2.67 bits per heavy atom. The van der Waals surface area contributed by atoms with Crippen molar-refractivity contribution in [2.24, 2.45) is 5.92 Å². The highest BCUT2D eigenvalue weighted by atomic mass is 79.9. The maximum atomic E-state index is 11.9. The number of rotatable bonds is 7. The zero-order valence-corrected chi connectivity index (χ0v) is 15.8. The Morgan fingerprint density at radius 1 is 1.33 bits per heavy atom. The number of hydrogen-bond donors (Lipinski definition) is 1. The fourth-order valence-corrected chi connectivity index (χ4v) is 2.43. The Morgan fingerprint density at radius 2 is 2.04 bits per heavy atom. The molecule has 0 aliphatic heterocycles. The molecule has 0 saturated carbocycles. The molecule has 130 valence electrons. The van der Waals surface area contributed by atoms with E-state index in [2.05, 4.69) is 33.2 Å². The minimum atomic E-state index is -0.439. The first-order valence-corrected chi connectivity index (χ1v) is 8.95. The molecule has 6 heteroatoms. The summed E-state index contributed by atoms with van der Waals surface area (Å²) in [5, 5.41) is 2.84. The number of benzene rings is 1. The van der Waals surface area contributed by atoms with Crippen LogP contribution in [-0.4, -0.2) is 17.7 Å². The van der Waals surface area contributed by atoms with Crippen molar-refractivity contribution in [3.05, 3.63) is 40.8 Å². The third-order valence-corrected chi connectivity index (χ3v) is 4.12. The van der Waals surface area contributed by atoms with E-state index in [1.165, 1.54) is 0 Å². The Kier molecular flexibility index (Phi) is 6.85. The third-order valence-electron chi connectivity index (χ3n) is 3.59. The number of ether oxygens (including phenoxy) is 1. The van der Waals surface area contributed by atoms with E-state index in [1.54, 1.807) is 6.20 Å². The molecule has 24 heavy (non-hydrogen) atoms. The Bertz CT molecular complexity index is 653. The zero-order valence-electron chi connectivity index (χ0n) is 14.2. The first-order chi connectivity index (χ1) is 11.5. The summed E-state index contributed by atoms with van der Waals surface area (Å²) in [5.74, 6) is 1.28. The van der Waals surface area contributed by atoms with E-state index in [4.69, 9.17) is 9.15 Å². The lowest BCUT2D eigenvalue weighted by Gasteiger charge is -2.18. The van der Waals surface area contributed by atoms with Crippen molar-refractivity contribution < 1.29 is 13.9 Å². The minimum Gasteiger partial charge on any atom is -0.450 e. The number of carbonyl (C=O) groups excluding carboxylic acids is 1. The van der Waals surface area contributed by atoms with E-state index >= 15 is 0 Å². The predicted molar refractivity (Wildman–Crippen MR) is 96.6 cm³/mol. The Hall–Kier alpha value is -1.82. The van der Waals surface area contributed by atoms with Gasteiger partial charge in [-0.3, -0.25) is 0 Å². The molecule has 1 heterocycles. The van der Waals surface area contributed by atoms with E-state index in [-0.39, 0.29) is 12.0 Å². The molecule has 0 aliphatic rings. The molecule has 0 saturated heterocycles. The third kappa shape index (κ3) is 5.09. The van der Waals surface area contributed by atoms with Gasteiger partial charge < -0.3 is 14.5 Å². The molecule has 2 aromatic rings. The van der Waals surface area contributed by atoms with Crippen LogP contribution in [0.5, 0.6) is 0 Å². The number of halogens is 1. The average molecular weight is 395 g/mol. The van der Waals surface area contributed by atoms with Gasteiger partial charge in [0, 0.05) is 10.0 Å². The van der Waals surface area contributed by atoms with Gasteiger partial charge in [0.05, 0.1) is 12.8 Å². The zero-order chi connectivity index (χ0) is 17.5. The summed E-state index contributed by atoms with van der Waals surface area (Å²) in [6.45, 7) is 6.47. The van der Waals surface area contributed by atoms with E-state index in [9.17, 15) is 4.79 Å². The van der Waals surface area contributed by atoms with Gasteiger partial charge in [-0.2, -0.15) is 0 Å². The average Bonchev–Trinajstić information content (AvgIpc) is 3.03. The second-order valence-electron chi connectivity index (χ2n) is 5.93. The van der Waals surface area contributed by atoms with Crippen LogP contribution in [0.4, 0.5) is 4.79 Å². The molecule has 0 aliphatic carbocycles. The van der Waals surface area contributed by atoms with Crippen molar-refractivity contribution in [1.82, 2.24) is 10.3 Å². The van der Waals surface area contributed by atoms with Gasteiger partial charge in [0.15, 0.2) is 5.76 Å². The molecule has 0 spiro atoms. The van der Waals surface area contributed by atoms with Gasteiger partial charge in [-0.1, -0.05) is 55.3 Å². The van der Waals surface area contributed by atoms with E-state index in [0.29, 0.717) is 18.3 Å². The fraction of sp³-hybridized carbons (Fsp3) is 0.444. The number of unbranched alkanes of at least 4 members (excludes halogenated alkanes) is 1. The standard InChI is InChI=1S/C18H23BrN2O3/c1-4-5-10-23-18(22)21-16(12(2)3)17-20-11-15(24-17)13-6-8-14(19)9-7-13/h6-9,11-12,16H,4-5,10H2,1-3H3,(H,21,22)/t16-/m0/s1. The first-order valence-electron chi connectivity index (χ1n) is 8.16. The Balaban J connectivity index is 2.08. The van der Waals surface area contributed by atoms with Crippen LogP contribution in [0.2, 0.25) is 0 Å². The summed E-state index contributed by atoms with van der Waals surface area (Å²) in [7, 11) is 0. The van der Waals surface area contributed by atoms with Crippen LogP contribution in [0.3, 0.4) is 0 Å². The van der Waals surface area contributed by atoms with E-state index in [0.717, 1.165) is 22.9 Å². The quantitative estimate of drug-likeness (QED) is 0.644. The number of nitrogens with zero attached hydrogens (tertiary/aromatic N) is 1. The summed E-state index contributed by atoms with van der Waals surface area (Å²) in [4.78, 5) is 16.2. The normalized spacial score (nSPS) is 12.2. The van der Waals surface area contributed by atoms with Crippen LogP contribution >= 0.6 is 15.9 Å². The largest absolute Gasteiger partial charge is 0.450 e. The predicted octanol–water partition coefficient (Wildman–Crippen LogP) is 5.33. The second-order valence-corrected chi connectivity index (χ2v) is 6.84. The highest BCUT2D eigenvalue weighted by Crippen LogP contribution is 2.27. The van der Waals surface area contributed by atoms with Crippen LogP contribution in [0.1, 0.15) is 45.5 Å². The lowest BCUT2D eigenvalue weighted by atomic mass is 10.1. The van der Waals surface area contributed by atoms with Gasteiger partial charge in [0.25, 0.3) is 0 Å². The number of oxazole rings is 1. The van der Waals surface area contributed by atoms with Crippen molar-refractivity contribution in [3.63, 3.8) is 0 Å². The fourth-order valence-electron chi connectivity index (χ4n) is 2.17. The van der Waals surface area contributed by atoms with Gasteiger partial charge in [-0.15, -0.1) is 0 Å². The molecule has 0 bridgehead atoms. The second kappa shape index (κ2) is 8.87. The van der Waals surface area contributed by atoms with Crippen LogP contribution in [0.15, 0.2) is 39.4 Å². The highest BCUT2D eigenvalue weighted by molar-refractivity contribution is 9.10. The SMILES string of the molecule is CCCCOC(=O)N[C@H](c1ncc(-c2ccc(Br)cc2)o1)C(C)C. The van der Waals surface area contributed by atoms with Gasteiger partial charge >= 0.3 is 6.09 Å². The summed E-state index contributed by atoms with van der Waals surface area (Å²) in [5.41, 5.74) is 0.935.